The number of ether oxygens (including phenoxy) is 1. The van der Waals surface area contributed by atoms with Gasteiger partial charge in [0.1, 0.15) is 17.5 Å². The molecule has 2 heterocycles. The third-order valence-corrected chi connectivity index (χ3v) is 5.89. The Morgan fingerprint density at radius 1 is 1.15 bits per heavy atom. The van der Waals surface area contributed by atoms with E-state index in [0.717, 1.165) is 52.9 Å². The predicted molar refractivity (Wildman–Crippen MR) is 130 cm³/mol. The molecule has 1 amide bonds. The Hall–Kier alpha value is -3.87. The van der Waals surface area contributed by atoms with E-state index in [-0.39, 0.29) is 5.91 Å². The summed E-state index contributed by atoms with van der Waals surface area (Å²) in [6.07, 6.45) is 4.05. The van der Waals surface area contributed by atoms with E-state index in [1.54, 1.807) is 0 Å². The molecule has 0 saturated heterocycles. The fourth-order valence-corrected chi connectivity index (χ4v) is 4.19. The summed E-state index contributed by atoms with van der Waals surface area (Å²) in [6, 6.07) is 17.6. The van der Waals surface area contributed by atoms with E-state index in [2.05, 4.69) is 46.4 Å². The van der Waals surface area contributed by atoms with Gasteiger partial charge in [0.15, 0.2) is 0 Å². The van der Waals surface area contributed by atoms with E-state index in [1.807, 2.05) is 36.4 Å². The van der Waals surface area contributed by atoms with Gasteiger partial charge in [0.05, 0.1) is 7.11 Å². The van der Waals surface area contributed by atoms with E-state index < -0.39 is 12.0 Å². The largest absolute Gasteiger partial charge is 0.467 e. The molecule has 0 fully saturated rings. The number of amides is 1. The van der Waals surface area contributed by atoms with Gasteiger partial charge >= 0.3 is 5.97 Å². The van der Waals surface area contributed by atoms with Crippen molar-refractivity contribution < 1.29 is 18.8 Å². The van der Waals surface area contributed by atoms with Gasteiger partial charge in [-0.1, -0.05) is 53.2 Å². The molecule has 1 N–H and O–H groups in total. The van der Waals surface area contributed by atoms with Crippen LogP contribution in [0.1, 0.15) is 30.2 Å². The lowest BCUT2D eigenvalue weighted by atomic mass is 10.1. The Bertz CT molecular complexity index is 1290. The molecular formula is C27H29N3O4. The van der Waals surface area contributed by atoms with E-state index in [4.69, 9.17) is 9.26 Å². The average molecular weight is 460 g/mol. The van der Waals surface area contributed by atoms with Gasteiger partial charge in [-0.3, -0.25) is 4.79 Å². The van der Waals surface area contributed by atoms with Gasteiger partial charge in [0, 0.05) is 55.0 Å². The second kappa shape index (κ2) is 10.4. The van der Waals surface area contributed by atoms with Crippen LogP contribution in [0.5, 0.6) is 0 Å². The van der Waals surface area contributed by atoms with Crippen molar-refractivity contribution in [3.63, 3.8) is 0 Å². The first kappa shape index (κ1) is 23.3. The first-order chi connectivity index (χ1) is 16.4. The lowest BCUT2D eigenvalue weighted by Crippen LogP contribution is -2.41. The minimum atomic E-state index is -0.726. The summed E-state index contributed by atoms with van der Waals surface area (Å²) < 4.78 is 12.6. The summed E-state index contributed by atoms with van der Waals surface area (Å²) in [6.45, 7) is 4.24. The smallest absolute Gasteiger partial charge is 0.328 e. The number of aryl methyl sites for hydroxylation is 3. The van der Waals surface area contributed by atoms with Gasteiger partial charge in [0.25, 0.3) is 0 Å². The molecule has 1 unspecified atom stereocenters. The normalized spacial score (nSPS) is 12.0. The Labute approximate surface area is 198 Å². The number of nitrogens with one attached hydrogen (secondary N) is 1. The second-order valence-corrected chi connectivity index (χ2v) is 8.49. The number of esters is 1. The van der Waals surface area contributed by atoms with Crippen molar-refractivity contribution in [2.75, 3.05) is 7.11 Å². The summed E-state index contributed by atoms with van der Waals surface area (Å²) >= 11 is 0. The maximum atomic E-state index is 12.2. The number of carbonyl (C=O) groups excluding carboxylic acids is 2. The Morgan fingerprint density at radius 2 is 1.91 bits per heavy atom. The van der Waals surface area contributed by atoms with Crippen molar-refractivity contribution in [3.05, 3.63) is 77.7 Å². The van der Waals surface area contributed by atoms with Gasteiger partial charge in [0.2, 0.25) is 5.91 Å². The number of methoxy groups -OCH3 is 1. The molecule has 0 radical (unpaired) electrons. The van der Waals surface area contributed by atoms with Crippen LogP contribution in [0.15, 0.2) is 65.3 Å². The molecule has 7 heteroatoms. The summed E-state index contributed by atoms with van der Waals surface area (Å²) in [5, 5.41) is 7.97. The molecule has 7 nitrogen and oxygen atoms in total. The maximum absolute atomic E-state index is 12.2. The fourth-order valence-electron chi connectivity index (χ4n) is 4.19. The zero-order chi connectivity index (χ0) is 24.1. The highest BCUT2D eigenvalue weighted by molar-refractivity contribution is 5.87. The van der Waals surface area contributed by atoms with Crippen molar-refractivity contribution in [1.29, 1.82) is 0 Å². The molecule has 0 saturated carbocycles. The van der Waals surface area contributed by atoms with Crippen LogP contribution in [0, 0.1) is 6.92 Å². The highest BCUT2D eigenvalue weighted by Crippen LogP contribution is 2.24. The molecule has 34 heavy (non-hydrogen) atoms. The molecule has 0 aliphatic heterocycles. The molecule has 0 spiro atoms. The van der Waals surface area contributed by atoms with Crippen LogP contribution in [-0.4, -0.2) is 34.8 Å². The first-order valence-corrected chi connectivity index (χ1v) is 11.4. The second-order valence-electron chi connectivity index (χ2n) is 8.49. The van der Waals surface area contributed by atoms with Crippen LogP contribution in [0.2, 0.25) is 0 Å². The quantitative estimate of drug-likeness (QED) is 0.374. The summed E-state index contributed by atoms with van der Waals surface area (Å²) in [5.74, 6) is 0.126. The van der Waals surface area contributed by atoms with E-state index >= 15 is 0 Å². The SMILES string of the molecule is COC(=O)C(Cc1cn(CCCc2cc(-c3ccc(C)cc3)no2)c2ccccc12)NC(C)=O. The highest BCUT2D eigenvalue weighted by atomic mass is 16.5. The Morgan fingerprint density at radius 3 is 2.65 bits per heavy atom. The topological polar surface area (TPSA) is 86.4 Å². The third-order valence-electron chi connectivity index (χ3n) is 5.89. The van der Waals surface area contributed by atoms with Crippen molar-refractivity contribution in [2.24, 2.45) is 0 Å². The average Bonchev–Trinajstić information content (AvgIpc) is 3.44. The van der Waals surface area contributed by atoms with E-state index in [9.17, 15) is 9.59 Å². The van der Waals surface area contributed by atoms with Gasteiger partial charge in [-0.2, -0.15) is 0 Å². The van der Waals surface area contributed by atoms with Crippen molar-refractivity contribution in [3.8, 4) is 11.3 Å². The monoisotopic (exact) mass is 459 g/mol. The molecule has 1 atom stereocenters. The molecule has 0 bridgehead atoms. The molecule has 2 aromatic carbocycles. The number of para-hydroxylation sites is 1. The summed E-state index contributed by atoms with van der Waals surface area (Å²) in [4.78, 5) is 23.8. The number of rotatable bonds is 9. The van der Waals surface area contributed by atoms with Gasteiger partial charge in [-0.05, 0) is 25.0 Å². The molecule has 0 aliphatic rings. The van der Waals surface area contributed by atoms with Crippen LogP contribution in [0.3, 0.4) is 0 Å². The molecule has 2 aromatic heterocycles. The van der Waals surface area contributed by atoms with Gasteiger partial charge in [-0.25, -0.2) is 4.79 Å². The van der Waals surface area contributed by atoms with Crippen molar-refractivity contribution in [2.45, 2.75) is 45.7 Å². The fraction of sp³-hybridized carbons (Fsp3) is 0.296. The lowest BCUT2D eigenvalue weighted by molar-refractivity contribution is -0.144. The number of nitrogens with zero attached hydrogens (tertiary/aromatic N) is 2. The first-order valence-electron chi connectivity index (χ1n) is 11.4. The van der Waals surface area contributed by atoms with Crippen LogP contribution >= 0.6 is 0 Å². The predicted octanol–water partition coefficient (Wildman–Crippen LogP) is 4.46. The maximum Gasteiger partial charge on any atom is 0.328 e. The number of fused-ring (bicyclic) bond motifs is 1. The van der Waals surface area contributed by atoms with Crippen LogP contribution in [-0.2, 0) is 33.7 Å². The van der Waals surface area contributed by atoms with Crippen molar-refractivity contribution >= 4 is 22.8 Å². The van der Waals surface area contributed by atoms with E-state index in [0.29, 0.717) is 6.42 Å². The van der Waals surface area contributed by atoms with Gasteiger partial charge < -0.3 is 19.1 Å². The van der Waals surface area contributed by atoms with Crippen molar-refractivity contribution in [1.82, 2.24) is 15.0 Å². The van der Waals surface area contributed by atoms with E-state index in [1.165, 1.54) is 19.6 Å². The number of carbonyl (C=O) groups is 2. The standard InChI is InChI=1S/C27H29N3O4/c1-18-10-12-20(13-11-18)24-16-22(34-29-24)7-6-14-30-17-21(23-8-4-5-9-26(23)30)15-25(27(32)33-3)28-19(2)31/h4-5,8-13,16-17,25H,6-7,14-15H2,1-3H3,(H,28,31). The van der Waals surface area contributed by atoms with Gasteiger partial charge in [-0.15, -0.1) is 0 Å². The Balaban J connectivity index is 1.46. The lowest BCUT2D eigenvalue weighted by Gasteiger charge is -2.14. The molecule has 0 aliphatic carbocycles. The van der Waals surface area contributed by atoms with Crippen LogP contribution in [0.4, 0.5) is 0 Å². The number of hydrogen-bond donors (Lipinski definition) is 1. The minimum absolute atomic E-state index is 0.267. The molecular weight excluding hydrogens is 430 g/mol. The third kappa shape index (κ3) is 5.36. The zero-order valence-electron chi connectivity index (χ0n) is 19.7. The molecule has 4 aromatic rings. The number of hydrogen-bond acceptors (Lipinski definition) is 5. The van der Waals surface area contributed by atoms with Crippen LogP contribution in [0.25, 0.3) is 22.2 Å². The zero-order valence-corrected chi connectivity index (χ0v) is 19.7. The minimum Gasteiger partial charge on any atom is -0.467 e. The number of benzene rings is 2. The Kier molecular flexibility index (Phi) is 7.11. The summed E-state index contributed by atoms with van der Waals surface area (Å²) in [7, 11) is 1.33. The summed E-state index contributed by atoms with van der Waals surface area (Å²) in [5.41, 5.74) is 5.17. The highest BCUT2D eigenvalue weighted by Gasteiger charge is 2.22. The number of aromatic nitrogens is 2. The van der Waals surface area contributed by atoms with Crippen LogP contribution < -0.4 is 5.32 Å². The molecule has 4 rings (SSSR count). The molecule has 176 valence electrons.